The molecule has 0 radical (unpaired) electrons. The molecule has 3 aromatic rings. The van der Waals surface area contributed by atoms with Crippen LogP contribution in [0.1, 0.15) is 50.7 Å². The van der Waals surface area contributed by atoms with E-state index < -0.39 is 15.6 Å². The zero-order valence-electron chi connectivity index (χ0n) is 22.3. The van der Waals surface area contributed by atoms with Crippen molar-refractivity contribution in [2.24, 2.45) is 0 Å². The monoisotopic (exact) mass is 556 g/mol. The Morgan fingerprint density at radius 3 is 2.61 bits per heavy atom. The van der Waals surface area contributed by atoms with Crippen LogP contribution in [0.3, 0.4) is 0 Å². The van der Waals surface area contributed by atoms with Crippen molar-refractivity contribution in [2.45, 2.75) is 58.2 Å². The van der Waals surface area contributed by atoms with Crippen LogP contribution in [0.5, 0.6) is 5.19 Å². The zero-order valence-corrected chi connectivity index (χ0v) is 23.9. The Kier molecular flexibility index (Phi) is 7.77. The molecular weight excluding hydrogens is 520 g/mol. The number of thiazole rings is 1. The standard InChI is InChI=1S/C28H36N4O4S2/c1-20-4-7-26(29-19-20)31-13-10-23(11-14-31)36-27-30-24-6-5-22(18-25(24)37-27)21-8-15-32(16-9-21)38(34,35)17-12-28(2,3)33/h4-8,18-19,23,33H,9-17H2,1-3H3. The van der Waals surface area contributed by atoms with Gasteiger partial charge in [0, 0.05) is 45.2 Å². The number of rotatable bonds is 8. The number of fused-ring (bicyclic) bond motifs is 1. The van der Waals surface area contributed by atoms with E-state index in [4.69, 9.17) is 9.72 Å². The molecule has 0 aliphatic carbocycles. The fourth-order valence-corrected chi connectivity index (χ4v) is 7.43. The molecular formula is C28H36N4O4S2. The molecule has 1 fully saturated rings. The lowest BCUT2D eigenvalue weighted by molar-refractivity contribution is 0.0769. The van der Waals surface area contributed by atoms with Gasteiger partial charge in [-0.1, -0.05) is 29.5 Å². The van der Waals surface area contributed by atoms with Crippen LogP contribution in [-0.2, 0) is 10.0 Å². The maximum atomic E-state index is 12.7. The molecule has 1 saturated heterocycles. The van der Waals surface area contributed by atoms with E-state index in [1.807, 2.05) is 25.3 Å². The third-order valence-electron chi connectivity index (χ3n) is 7.21. The van der Waals surface area contributed by atoms with Crippen LogP contribution in [0.4, 0.5) is 5.82 Å². The minimum atomic E-state index is -3.39. The van der Waals surface area contributed by atoms with Crippen molar-refractivity contribution < 1.29 is 18.3 Å². The van der Waals surface area contributed by atoms with Crippen molar-refractivity contribution in [1.82, 2.24) is 14.3 Å². The number of piperidine rings is 1. The highest BCUT2D eigenvalue weighted by molar-refractivity contribution is 7.89. The van der Waals surface area contributed by atoms with Gasteiger partial charge in [-0.15, -0.1) is 0 Å². The minimum absolute atomic E-state index is 0.0445. The number of aliphatic hydroxyl groups is 1. The summed E-state index contributed by atoms with van der Waals surface area (Å²) >= 11 is 1.57. The molecule has 5 rings (SSSR count). The summed E-state index contributed by atoms with van der Waals surface area (Å²) in [5, 5.41) is 10.6. The lowest BCUT2D eigenvalue weighted by atomic mass is 10.0. The Balaban J connectivity index is 1.19. The third-order valence-corrected chi connectivity index (χ3v) is 9.95. The van der Waals surface area contributed by atoms with Gasteiger partial charge < -0.3 is 14.7 Å². The normalized spacial score (nSPS) is 18.1. The van der Waals surface area contributed by atoms with E-state index in [0.717, 1.165) is 53.1 Å². The maximum Gasteiger partial charge on any atom is 0.274 e. The smallest absolute Gasteiger partial charge is 0.274 e. The minimum Gasteiger partial charge on any atom is -0.467 e. The van der Waals surface area contributed by atoms with Gasteiger partial charge in [-0.05, 0) is 68.5 Å². The molecule has 0 bridgehead atoms. The first-order chi connectivity index (χ1) is 18.1. The number of hydrogen-bond donors (Lipinski definition) is 1. The molecule has 4 heterocycles. The van der Waals surface area contributed by atoms with Crippen molar-refractivity contribution in [3.05, 3.63) is 53.7 Å². The van der Waals surface area contributed by atoms with E-state index >= 15 is 0 Å². The first-order valence-corrected chi connectivity index (χ1v) is 15.6. The number of benzene rings is 1. The average Bonchev–Trinajstić information content (AvgIpc) is 3.30. The Morgan fingerprint density at radius 2 is 1.95 bits per heavy atom. The third kappa shape index (κ3) is 6.54. The second-order valence-electron chi connectivity index (χ2n) is 10.9. The lowest BCUT2D eigenvalue weighted by Crippen LogP contribution is -2.38. The Hall–Kier alpha value is -2.53. The lowest BCUT2D eigenvalue weighted by Gasteiger charge is -2.32. The fraction of sp³-hybridized carbons (Fsp3) is 0.500. The van der Waals surface area contributed by atoms with Gasteiger partial charge in [0.05, 0.1) is 21.6 Å². The number of aryl methyl sites for hydroxylation is 1. The summed E-state index contributed by atoms with van der Waals surface area (Å²) in [6.45, 7) is 7.95. The Morgan fingerprint density at radius 1 is 1.16 bits per heavy atom. The molecule has 1 aromatic carbocycles. The summed E-state index contributed by atoms with van der Waals surface area (Å²) < 4.78 is 34.2. The molecule has 0 spiro atoms. The number of anilines is 1. The van der Waals surface area contributed by atoms with Gasteiger partial charge in [-0.25, -0.2) is 18.4 Å². The van der Waals surface area contributed by atoms with Gasteiger partial charge in [-0.3, -0.25) is 0 Å². The summed E-state index contributed by atoms with van der Waals surface area (Å²) in [5.41, 5.74) is 3.34. The molecule has 10 heteroatoms. The summed E-state index contributed by atoms with van der Waals surface area (Å²) in [7, 11) is -3.39. The van der Waals surface area contributed by atoms with Crippen molar-refractivity contribution in [2.75, 3.05) is 36.8 Å². The molecule has 0 atom stereocenters. The second-order valence-corrected chi connectivity index (χ2v) is 14.0. The molecule has 1 N–H and O–H groups in total. The number of sulfonamides is 1. The van der Waals surface area contributed by atoms with Crippen molar-refractivity contribution in [3.8, 4) is 5.19 Å². The van der Waals surface area contributed by atoms with Crippen LogP contribution >= 0.6 is 11.3 Å². The molecule has 38 heavy (non-hydrogen) atoms. The van der Waals surface area contributed by atoms with Gasteiger partial charge in [0.1, 0.15) is 11.9 Å². The van der Waals surface area contributed by atoms with E-state index in [2.05, 4.69) is 34.1 Å². The van der Waals surface area contributed by atoms with E-state index in [9.17, 15) is 13.5 Å². The van der Waals surface area contributed by atoms with Crippen LogP contribution in [0.15, 0.2) is 42.6 Å². The van der Waals surface area contributed by atoms with Gasteiger partial charge in [0.25, 0.3) is 5.19 Å². The SMILES string of the molecule is Cc1ccc(N2CCC(Oc3nc4ccc(C5=CCN(S(=O)(=O)CCC(C)(C)O)CC5)cc4s3)CC2)nc1. The maximum absolute atomic E-state index is 12.7. The summed E-state index contributed by atoms with van der Waals surface area (Å²) in [4.78, 5) is 11.6. The number of nitrogens with zero attached hydrogens (tertiary/aromatic N) is 4. The van der Waals surface area contributed by atoms with E-state index in [0.29, 0.717) is 24.7 Å². The predicted molar refractivity (Wildman–Crippen MR) is 153 cm³/mol. The molecule has 0 saturated carbocycles. The molecule has 0 unspecified atom stereocenters. The average molecular weight is 557 g/mol. The van der Waals surface area contributed by atoms with E-state index in [1.165, 1.54) is 9.87 Å². The summed E-state index contributed by atoms with van der Waals surface area (Å²) in [6, 6.07) is 10.4. The molecule has 2 aliphatic heterocycles. The highest BCUT2D eigenvalue weighted by Gasteiger charge is 2.27. The first-order valence-electron chi connectivity index (χ1n) is 13.2. The number of pyridine rings is 1. The second kappa shape index (κ2) is 10.9. The van der Waals surface area contributed by atoms with Crippen molar-refractivity contribution in [1.29, 1.82) is 0 Å². The van der Waals surface area contributed by atoms with Gasteiger partial charge >= 0.3 is 0 Å². The van der Waals surface area contributed by atoms with Crippen LogP contribution in [-0.4, -0.2) is 71.4 Å². The highest BCUT2D eigenvalue weighted by Crippen LogP contribution is 2.34. The van der Waals surface area contributed by atoms with E-state index in [-0.39, 0.29) is 18.3 Å². The summed E-state index contributed by atoms with van der Waals surface area (Å²) in [5.74, 6) is 0.977. The number of hydrogen-bond acceptors (Lipinski definition) is 8. The predicted octanol–water partition coefficient (Wildman–Crippen LogP) is 4.63. The Labute approximate surface area is 229 Å². The molecule has 0 amide bonds. The van der Waals surface area contributed by atoms with Crippen LogP contribution in [0.2, 0.25) is 0 Å². The molecule has 204 valence electrons. The van der Waals surface area contributed by atoms with Gasteiger partial charge in [0.2, 0.25) is 10.0 Å². The van der Waals surface area contributed by atoms with Crippen LogP contribution in [0.25, 0.3) is 15.8 Å². The van der Waals surface area contributed by atoms with E-state index in [1.54, 1.807) is 25.2 Å². The quantitative estimate of drug-likeness (QED) is 0.432. The van der Waals surface area contributed by atoms with Gasteiger partial charge in [0.15, 0.2) is 0 Å². The topological polar surface area (TPSA) is 95.9 Å². The fourth-order valence-electron chi connectivity index (χ4n) is 4.82. The molecule has 2 aliphatic rings. The van der Waals surface area contributed by atoms with Gasteiger partial charge in [-0.2, -0.15) is 4.31 Å². The Bertz CT molecular complexity index is 1400. The van der Waals surface area contributed by atoms with Crippen LogP contribution < -0.4 is 9.64 Å². The van der Waals surface area contributed by atoms with Crippen molar-refractivity contribution >= 4 is 43.0 Å². The first kappa shape index (κ1) is 27.1. The zero-order chi connectivity index (χ0) is 26.9. The largest absolute Gasteiger partial charge is 0.467 e. The molecule has 2 aromatic heterocycles. The summed E-state index contributed by atoms with van der Waals surface area (Å²) in [6.07, 6.45) is 6.79. The van der Waals surface area contributed by atoms with Crippen LogP contribution in [0, 0.1) is 6.92 Å². The van der Waals surface area contributed by atoms with Crippen molar-refractivity contribution in [3.63, 3.8) is 0 Å². The number of ether oxygens (including phenoxy) is 1. The number of aromatic nitrogens is 2. The molecule has 8 nitrogen and oxygen atoms in total. The highest BCUT2D eigenvalue weighted by atomic mass is 32.2.